The van der Waals surface area contributed by atoms with E-state index in [0.29, 0.717) is 25.7 Å². The van der Waals surface area contributed by atoms with Crippen LogP contribution in [0.4, 0.5) is 17.6 Å². The lowest BCUT2D eigenvalue weighted by Crippen LogP contribution is -2.47. The first-order chi connectivity index (χ1) is 8.81. The summed E-state index contributed by atoms with van der Waals surface area (Å²) in [5.74, 6) is -2.14. The molecule has 0 aromatic carbocycles. The van der Waals surface area contributed by atoms with Gasteiger partial charge in [0.2, 0.25) is 0 Å². The lowest BCUT2D eigenvalue weighted by Gasteiger charge is -2.28. The first kappa shape index (κ1) is 16.5. The molecule has 0 aliphatic heterocycles. The Balaban J connectivity index is 2.70. The molecule has 1 unspecified atom stereocenters. The van der Waals surface area contributed by atoms with Gasteiger partial charge in [-0.15, -0.1) is 0 Å². The summed E-state index contributed by atoms with van der Waals surface area (Å²) in [6.45, 7) is 0. The van der Waals surface area contributed by atoms with Gasteiger partial charge in [0, 0.05) is 0 Å². The molecule has 19 heavy (non-hydrogen) atoms. The maximum Gasteiger partial charge on any atom is 0.446 e. The van der Waals surface area contributed by atoms with Gasteiger partial charge in [-0.1, -0.05) is 6.42 Å². The minimum Gasteiger partial charge on any atom is -0.691 e. The third-order valence-corrected chi connectivity index (χ3v) is 3.38. The monoisotopic (exact) mass is 307 g/mol. The van der Waals surface area contributed by atoms with Gasteiger partial charge in [0.15, 0.2) is 0 Å². The van der Waals surface area contributed by atoms with Gasteiger partial charge in [-0.2, -0.15) is 17.5 Å². The van der Waals surface area contributed by atoms with Crippen LogP contribution in [0.25, 0.3) is 0 Å². The van der Waals surface area contributed by atoms with Crippen LogP contribution in [0, 0.1) is 0 Å². The minimum absolute atomic E-state index is 0.378. The summed E-state index contributed by atoms with van der Waals surface area (Å²) < 4.78 is 58.9. The summed E-state index contributed by atoms with van der Waals surface area (Å²) in [4.78, 5) is 11.3. The highest BCUT2D eigenvalue weighted by Gasteiger charge is 2.66. The second-order valence-electron chi connectivity index (χ2n) is 3.98. The second-order valence-corrected chi connectivity index (χ2v) is 4.84. The first-order valence-electron chi connectivity index (χ1n) is 5.42. The molecule has 5 nitrogen and oxygen atoms in total. The van der Waals surface area contributed by atoms with E-state index in [1.54, 1.807) is 0 Å². The van der Waals surface area contributed by atoms with Crippen molar-refractivity contribution >= 4 is 18.0 Å². The number of carbonyl (C=O) groups excluding carboxylic acids is 1. The van der Waals surface area contributed by atoms with Crippen LogP contribution in [0.15, 0.2) is 0 Å². The molecule has 112 valence electrons. The summed E-state index contributed by atoms with van der Waals surface area (Å²) in [6, 6.07) is 0. The Labute approximate surface area is 110 Å². The molecule has 1 aliphatic carbocycles. The van der Waals surface area contributed by atoms with E-state index in [-0.39, 0.29) is 0 Å². The summed E-state index contributed by atoms with van der Waals surface area (Å²) in [7, 11) is 0. The van der Waals surface area contributed by atoms with Gasteiger partial charge < -0.3 is 9.99 Å². The van der Waals surface area contributed by atoms with Gasteiger partial charge in [-0.05, 0) is 25.7 Å². The molecule has 0 N–H and O–H groups in total. The van der Waals surface area contributed by atoms with Crippen molar-refractivity contribution in [1.29, 1.82) is 0 Å². The Morgan fingerprint density at radius 2 is 1.74 bits per heavy atom. The van der Waals surface area contributed by atoms with Crippen LogP contribution < -0.4 is 5.26 Å². The molecule has 0 amide bonds. The van der Waals surface area contributed by atoms with E-state index in [0.717, 1.165) is 6.42 Å². The largest absolute Gasteiger partial charge is 0.691 e. The number of ether oxygens (including phenoxy) is 1. The number of hydrogen-bond donors (Lipinski definition) is 0. The fourth-order valence-electron chi connectivity index (χ4n) is 1.67. The number of alkyl halides is 4. The maximum absolute atomic E-state index is 13.7. The number of hydrogen-bond acceptors (Lipinski definition) is 6. The van der Waals surface area contributed by atoms with Gasteiger partial charge in [0.05, 0.1) is 12.0 Å². The summed E-state index contributed by atoms with van der Waals surface area (Å²) >= 11 is -1.07. The highest BCUT2D eigenvalue weighted by atomic mass is 32.2. The third-order valence-electron chi connectivity index (χ3n) is 2.63. The summed E-state index contributed by atoms with van der Waals surface area (Å²) in [5.41, 5.74) is 0. The van der Waals surface area contributed by atoms with Crippen molar-refractivity contribution in [3.05, 3.63) is 0 Å². The predicted octanol–water partition coefficient (Wildman–Crippen LogP) is 1.96. The average Bonchev–Trinajstić information content (AvgIpc) is 2.35. The summed E-state index contributed by atoms with van der Waals surface area (Å²) in [5, 5.41) is 7.63. The molecule has 1 fully saturated rings. The smallest absolute Gasteiger partial charge is 0.446 e. The molecule has 1 atom stereocenters. The van der Waals surface area contributed by atoms with E-state index in [9.17, 15) is 27.6 Å². The van der Waals surface area contributed by atoms with Crippen molar-refractivity contribution in [1.82, 2.24) is 0 Å². The zero-order chi connectivity index (χ0) is 14.5. The second kappa shape index (κ2) is 6.73. The maximum atomic E-state index is 13.7. The summed E-state index contributed by atoms with van der Waals surface area (Å²) in [6.07, 6.45) is -3.33. The first-order valence-corrected chi connectivity index (χ1v) is 6.16. The van der Waals surface area contributed by atoms with E-state index < -0.39 is 35.3 Å². The average molecular weight is 307 g/mol. The molecule has 0 bridgehead atoms. The van der Waals surface area contributed by atoms with Crippen LogP contribution >= 0.6 is 12.0 Å². The van der Waals surface area contributed by atoms with Crippen LogP contribution in [0.2, 0.25) is 0 Å². The van der Waals surface area contributed by atoms with E-state index in [2.05, 4.69) is 14.1 Å². The molecular formula is C9H11F4O5S-. The number of carbonyl (C=O) groups is 1. The zero-order valence-corrected chi connectivity index (χ0v) is 10.4. The zero-order valence-electron chi connectivity index (χ0n) is 9.57. The lowest BCUT2D eigenvalue weighted by atomic mass is 9.98. The Bertz CT molecular complexity index is 307. The minimum atomic E-state index is -5.60. The van der Waals surface area contributed by atoms with E-state index in [4.69, 9.17) is 0 Å². The lowest BCUT2D eigenvalue weighted by molar-refractivity contribution is -0.777. The van der Waals surface area contributed by atoms with E-state index >= 15 is 0 Å². The number of esters is 1. The topological polar surface area (TPSA) is 67.8 Å². The van der Waals surface area contributed by atoms with Crippen LogP contribution in [0.3, 0.4) is 0 Å². The highest BCUT2D eigenvalue weighted by molar-refractivity contribution is 7.96. The molecular weight excluding hydrogens is 296 g/mol. The predicted molar refractivity (Wildman–Crippen MR) is 52.6 cm³/mol. The van der Waals surface area contributed by atoms with Crippen molar-refractivity contribution < 1.29 is 41.7 Å². The SMILES string of the molecule is O=C(OC1CCCCC1)C(F)(SOO[O-])C(F)(F)F. The van der Waals surface area contributed by atoms with Crippen LogP contribution in [-0.4, -0.2) is 23.3 Å². The number of halogens is 4. The Morgan fingerprint density at radius 1 is 1.16 bits per heavy atom. The van der Waals surface area contributed by atoms with Crippen molar-refractivity contribution in [3.63, 3.8) is 0 Å². The van der Waals surface area contributed by atoms with Crippen LogP contribution in [-0.2, 0) is 18.9 Å². The fraction of sp³-hybridized carbons (Fsp3) is 0.889. The van der Waals surface area contributed by atoms with Crippen molar-refractivity contribution in [2.75, 3.05) is 0 Å². The van der Waals surface area contributed by atoms with E-state index in [1.807, 2.05) is 0 Å². The fourth-order valence-corrected chi connectivity index (χ4v) is 2.00. The molecule has 0 aromatic heterocycles. The number of rotatable bonds is 5. The van der Waals surface area contributed by atoms with Gasteiger partial charge in [-0.3, -0.25) is 5.04 Å². The normalized spacial score (nSPS) is 20.9. The van der Waals surface area contributed by atoms with Crippen LogP contribution in [0.5, 0.6) is 0 Å². The van der Waals surface area contributed by atoms with Crippen molar-refractivity contribution in [2.45, 2.75) is 49.4 Å². The third kappa shape index (κ3) is 4.20. The quantitative estimate of drug-likeness (QED) is 0.254. The van der Waals surface area contributed by atoms with Gasteiger partial charge >= 0.3 is 17.1 Å². The Hall–Kier alpha value is -0.580. The molecule has 0 aromatic rings. The van der Waals surface area contributed by atoms with Gasteiger partial charge in [0.1, 0.15) is 6.10 Å². The molecule has 0 radical (unpaired) electrons. The molecule has 1 aliphatic rings. The van der Waals surface area contributed by atoms with Crippen molar-refractivity contribution in [3.8, 4) is 0 Å². The standard InChI is InChI=1S/C9H12F4O5S/c10-8(9(11,12)13,19-18-17-15)7(14)16-6-4-2-1-3-5-6/h6,15H,1-5H2/p-1. The van der Waals surface area contributed by atoms with E-state index in [1.165, 1.54) is 0 Å². The molecule has 1 saturated carbocycles. The van der Waals surface area contributed by atoms with Gasteiger partial charge in [0.25, 0.3) is 0 Å². The highest BCUT2D eigenvalue weighted by Crippen LogP contribution is 2.44. The molecule has 0 saturated heterocycles. The molecule has 0 spiro atoms. The molecule has 10 heteroatoms. The molecule has 1 rings (SSSR count). The van der Waals surface area contributed by atoms with Crippen LogP contribution in [0.1, 0.15) is 32.1 Å². The van der Waals surface area contributed by atoms with Crippen molar-refractivity contribution in [2.24, 2.45) is 0 Å². The Kier molecular flexibility index (Phi) is 5.83. The van der Waals surface area contributed by atoms with Gasteiger partial charge in [-0.25, -0.2) is 9.18 Å². The molecule has 0 heterocycles. The Morgan fingerprint density at radius 3 is 2.21 bits per heavy atom.